The van der Waals surface area contributed by atoms with Gasteiger partial charge in [-0.2, -0.15) is 0 Å². The second-order valence-corrected chi connectivity index (χ2v) is 5.14. The number of halogens is 1. The minimum Gasteiger partial charge on any atom is -0.346 e. The Kier molecular flexibility index (Phi) is 5.00. The first-order chi connectivity index (χ1) is 10.2. The Morgan fingerprint density at radius 2 is 1.77 bits per heavy atom. The lowest BCUT2D eigenvalue weighted by molar-refractivity contribution is -0.123. The molecule has 22 heavy (non-hydrogen) atoms. The lowest BCUT2D eigenvalue weighted by Gasteiger charge is -2.11. The molecule has 5 nitrogen and oxygen atoms in total. The number of nitrogens with two attached hydrogens (primary N) is 1. The summed E-state index contributed by atoms with van der Waals surface area (Å²) in [7, 11) is 0. The monoisotopic (exact) mass is 319 g/mol. The Bertz CT molecular complexity index is 720. The number of hydrogen-bond donors (Lipinski definition) is 3. The highest BCUT2D eigenvalue weighted by atomic mass is 35.5. The van der Waals surface area contributed by atoms with Crippen LogP contribution in [0.4, 0.5) is 5.69 Å². The van der Waals surface area contributed by atoms with Crippen molar-refractivity contribution in [1.29, 1.82) is 0 Å². The molecule has 0 fully saturated rings. The topological polar surface area (TPSA) is 84.2 Å². The molecule has 6 heteroatoms. The SMILES string of the molecule is Cl.NCC(=O)NCC(=O)Nc1ccc2c3c(cccc13)CC2. The van der Waals surface area contributed by atoms with Gasteiger partial charge in [0.1, 0.15) is 0 Å². The number of amides is 2. The van der Waals surface area contributed by atoms with Crippen LogP contribution in [-0.2, 0) is 22.4 Å². The maximum Gasteiger partial charge on any atom is 0.243 e. The quantitative estimate of drug-likeness (QED) is 0.796. The van der Waals surface area contributed by atoms with Gasteiger partial charge < -0.3 is 16.4 Å². The van der Waals surface area contributed by atoms with Crippen LogP contribution in [0.25, 0.3) is 10.8 Å². The average Bonchev–Trinajstić information content (AvgIpc) is 2.92. The van der Waals surface area contributed by atoms with E-state index < -0.39 is 0 Å². The van der Waals surface area contributed by atoms with Crippen molar-refractivity contribution in [3.05, 3.63) is 41.5 Å². The van der Waals surface area contributed by atoms with Gasteiger partial charge in [-0.1, -0.05) is 24.3 Å². The molecule has 0 spiro atoms. The van der Waals surface area contributed by atoms with E-state index in [-0.39, 0.29) is 37.3 Å². The van der Waals surface area contributed by atoms with Crippen molar-refractivity contribution in [2.75, 3.05) is 18.4 Å². The van der Waals surface area contributed by atoms with Crippen LogP contribution in [0.15, 0.2) is 30.3 Å². The zero-order valence-corrected chi connectivity index (χ0v) is 12.8. The van der Waals surface area contributed by atoms with Gasteiger partial charge in [-0.25, -0.2) is 0 Å². The molecular weight excluding hydrogens is 302 g/mol. The molecule has 2 aromatic carbocycles. The number of carbonyl (C=O) groups excluding carboxylic acids is 2. The van der Waals surface area contributed by atoms with Crippen molar-refractivity contribution in [3.8, 4) is 0 Å². The van der Waals surface area contributed by atoms with E-state index >= 15 is 0 Å². The molecule has 0 saturated carbocycles. The summed E-state index contributed by atoms with van der Waals surface area (Å²) in [5.41, 5.74) is 8.62. The molecule has 0 aromatic heterocycles. The molecule has 0 heterocycles. The summed E-state index contributed by atoms with van der Waals surface area (Å²) in [6, 6.07) is 10.1. The first-order valence-electron chi connectivity index (χ1n) is 6.99. The van der Waals surface area contributed by atoms with Gasteiger partial charge in [0.25, 0.3) is 0 Å². The van der Waals surface area contributed by atoms with Crippen LogP contribution >= 0.6 is 12.4 Å². The lowest BCUT2D eigenvalue weighted by atomic mass is 10.0. The highest BCUT2D eigenvalue weighted by molar-refractivity contribution is 6.05. The van der Waals surface area contributed by atoms with E-state index in [0.29, 0.717) is 0 Å². The molecule has 1 aliphatic rings. The number of benzene rings is 2. The van der Waals surface area contributed by atoms with E-state index in [9.17, 15) is 9.59 Å². The molecule has 3 rings (SSSR count). The number of aryl methyl sites for hydroxylation is 2. The van der Waals surface area contributed by atoms with E-state index in [4.69, 9.17) is 5.73 Å². The summed E-state index contributed by atoms with van der Waals surface area (Å²) in [5, 5.41) is 7.62. The largest absolute Gasteiger partial charge is 0.346 e. The summed E-state index contributed by atoms with van der Waals surface area (Å²) >= 11 is 0. The molecule has 0 atom stereocenters. The standard InChI is InChI=1S/C16H17N3O2.ClH/c17-8-14(20)18-9-15(21)19-13-7-6-11-5-4-10-2-1-3-12(13)16(10)11;/h1-3,6-7H,4-5,8-9,17H2,(H,18,20)(H,19,21);1H. The second kappa shape index (κ2) is 6.77. The molecule has 0 unspecified atom stereocenters. The van der Waals surface area contributed by atoms with Gasteiger partial charge in [0, 0.05) is 11.1 Å². The van der Waals surface area contributed by atoms with Gasteiger partial charge in [0.05, 0.1) is 13.1 Å². The normalized spacial score (nSPS) is 11.9. The Hall–Kier alpha value is -2.11. The Morgan fingerprint density at radius 3 is 2.50 bits per heavy atom. The molecule has 0 saturated heterocycles. The predicted molar refractivity (Wildman–Crippen MR) is 89.3 cm³/mol. The van der Waals surface area contributed by atoms with Crippen molar-refractivity contribution in [1.82, 2.24) is 5.32 Å². The van der Waals surface area contributed by atoms with Gasteiger partial charge in [-0.3, -0.25) is 9.59 Å². The lowest BCUT2D eigenvalue weighted by Crippen LogP contribution is -2.36. The van der Waals surface area contributed by atoms with Gasteiger partial charge in [0.2, 0.25) is 11.8 Å². The summed E-state index contributed by atoms with van der Waals surface area (Å²) < 4.78 is 0. The minimum atomic E-state index is -0.342. The fraction of sp³-hybridized carbons (Fsp3) is 0.250. The van der Waals surface area contributed by atoms with E-state index in [0.717, 1.165) is 23.9 Å². The third-order valence-electron chi connectivity index (χ3n) is 3.78. The number of rotatable bonds is 4. The average molecular weight is 320 g/mol. The Labute approximate surface area is 134 Å². The molecule has 2 aromatic rings. The summed E-state index contributed by atoms with van der Waals surface area (Å²) in [5.74, 6) is -0.596. The van der Waals surface area contributed by atoms with Crippen molar-refractivity contribution in [3.63, 3.8) is 0 Å². The summed E-state index contributed by atoms with van der Waals surface area (Å²) in [6.07, 6.45) is 2.10. The molecule has 0 aliphatic heterocycles. The van der Waals surface area contributed by atoms with Crippen LogP contribution < -0.4 is 16.4 Å². The van der Waals surface area contributed by atoms with Crippen LogP contribution in [0.1, 0.15) is 11.1 Å². The van der Waals surface area contributed by atoms with Crippen LogP contribution in [0.3, 0.4) is 0 Å². The van der Waals surface area contributed by atoms with Crippen molar-refractivity contribution in [2.24, 2.45) is 5.73 Å². The zero-order chi connectivity index (χ0) is 14.8. The predicted octanol–water partition coefficient (Wildman–Crippen LogP) is 1.37. The molecule has 2 amide bonds. The van der Waals surface area contributed by atoms with Crippen molar-refractivity contribution >= 4 is 40.7 Å². The Morgan fingerprint density at radius 1 is 1.05 bits per heavy atom. The molecule has 0 radical (unpaired) electrons. The van der Waals surface area contributed by atoms with Gasteiger partial charge in [0.15, 0.2) is 0 Å². The highest BCUT2D eigenvalue weighted by Crippen LogP contribution is 2.34. The van der Waals surface area contributed by atoms with Crippen molar-refractivity contribution in [2.45, 2.75) is 12.8 Å². The van der Waals surface area contributed by atoms with Crippen LogP contribution in [0, 0.1) is 0 Å². The highest BCUT2D eigenvalue weighted by Gasteiger charge is 2.16. The number of nitrogens with one attached hydrogen (secondary N) is 2. The second-order valence-electron chi connectivity index (χ2n) is 5.14. The van der Waals surface area contributed by atoms with Crippen LogP contribution in [0.2, 0.25) is 0 Å². The maximum absolute atomic E-state index is 11.9. The van der Waals surface area contributed by atoms with Gasteiger partial charge in [-0.05, 0) is 35.4 Å². The maximum atomic E-state index is 11.9. The Balaban J connectivity index is 0.00000176. The number of carbonyl (C=O) groups is 2. The van der Waals surface area contributed by atoms with E-state index in [1.54, 1.807) is 0 Å². The van der Waals surface area contributed by atoms with Gasteiger partial charge in [-0.15, -0.1) is 12.4 Å². The first kappa shape index (κ1) is 16.3. The number of hydrogen-bond acceptors (Lipinski definition) is 3. The molecule has 1 aliphatic carbocycles. The fourth-order valence-electron chi connectivity index (χ4n) is 2.80. The third kappa shape index (κ3) is 3.05. The van der Waals surface area contributed by atoms with Crippen LogP contribution in [0.5, 0.6) is 0 Å². The zero-order valence-electron chi connectivity index (χ0n) is 12.0. The summed E-state index contributed by atoms with van der Waals surface area (Å²) in [4.78, 5) is 23.0. The van der Waals surface area contributed by atoms with E-state index in [2.05, 4.69) is 22.8 Å². The minimum absolute atomic E-state index is 0. The first-order valence-corrected chi connectivity index (χ1v) is 6.99. The molecule has 4 N–H and O–H groups in total. The third-order valence-corrected chi connectivity index (χ3v) is 3.78. The smallest absolute Gasteiger partial charge is 0.243 e. The van der Waals surface area contributed by atoms with Crippen molar-refractivity contribution < 1.29 is 9.59 Å². The van der Waals surface area contributed by atoms with E-state index in [1.807, 2.05) is 18.2 Å². The van der Waals surface area contributed by atoms with E-state index in [1.165, 1.54) is 16.5 Å². The van der Waals surface area contributed by atoms with Crippen LogP contribution in [-0.4, -0.2) is 24.9 Å². The van der Waals surface area contributed by atoms with Gasteiger partial charge >= 0.3 is 0 Å². The molecule has 0 bridgehead atoms. The molecule has 116 valence electrons. The number of anilines is 1. The fourth-order valence-corrected chi connectivity index (χ4v) is 2.80. The molecular formula is C16H18ClN3O2. The summed E-state index contributed by atoms with van der Waals surface area (Å²) in [6.45, 7) is -0.187.